The Bertz CT molecular complexity index is 1000. The highest BCUT2D eigenvalue weighted by molar-refractivity contribution is 7.89. The highest BCUT2D eigenvalue weighted by atomic mass is 32.2. The highest BCUT2D eigenvalue weighted by Gasteiger charge is 2.18. The Hall–Kier alpha value is -2.20. The number of anilines is 1. The molecule has 0 bridgehead atoms. The number of carboxylic acid groups (broad SMARTS) is 1. The van der Waals surface area contributed by atoms with Crippen LogP contribution in [0.1, 0.15) is 51.4 Å². The van der Waals surface area contributed by atoms with Crippen LogP contribution in [0.2, 0.25) is 0 Å². The number of rotatable bonds is 9. The van der Waals surface area contributed by atoms with E-state index in [-0.39, 0.29) is 11.4 Å². The maximum Gasteiger partial charge on any atom is 0.320 e. The molecule has 9 heteroatoms. The highest BCUT2D eigenvalue weighted by Crippen LogP contribution is 2.30. The Balaban J connectivity index is 0.000000468. The third kappa shape index (κ3) is 8.26. The van der Waals surface area contributed by atoms with Crippen LogP contribution in [0.25, 0.3) is 10.8 Å². The summed E-state index contributed by atoms with van der Waals surface area (Å²) in [6, 6.07) is 10.4. The first-order chi connectivity index (χ1) is 15.6. The van der Waals surface area contributed by atoms with Crippen LogP contribution in [0.3, 0.4) is 0 Å². The van der Waals surface area contributed by atoms with Gasteiger partial charge in [-0.3, -0.25) is 4.79 Å². The van der Waals surface area contributed by atoms with Gasteiger partial charge in [-0.15, -0.1) is 0 Å². The van der Waals surface area contributed by atoms with Crippen molar-refractivity contribution in [2.24, 2.45) is 11.5 Å². The van der Waals surface area contributed by atoms with Crippen LogP contribution >= 0.6 is 0 Å². The van der Waals surface area contributed by atoms with Crippen LogP contribution in [0.15, 0.2) is 41.3 Å². The van der Waals surface area contributed by atoms with Gasteiger partial charge in [0.1, 0.15) is 6.04 Å². The average molecular weight is 479 g/mol. The fraction of sp³-hybridized carbons (Fsp3) is 0.542. The molecule has 1 saturated carbocycles. The Morgan fingerprint density at radius 1 is 1.09 bits per heavy atom. The topological polar surface area (TPSA) is 139 Å². The molecule has 1 aliphatic carbocycles. The van der Waals surface area contributed by atoms with Crippen molar-refractivity contribution in [2.75, 3.05) is 25.5 Å². The first-order valence-corrected chi connectivity index (χ1v) is 13.0. The fourth-order valence-corrected chi connectivity index (χ4v) is 5.21. The van der Waals surface area contributed by atoms with Gasteiger partial charge >= 0.3 is 5.97 Å². The number of hydrogen-bond acceptors (Lipinski definition) is 6. The molecule has 8 nitrogen and oxygen atoms in total. The van der Waals surface area contributed by atoms with E-state index in [0.717, 1.165) is 11.1 Å². The van der Waals surface area contributed by atoms with Crippen LogP contribution < -0.4 is 21.1 Å². The summed E-state index contributed by atoms with van der Waals surface area (Å²) < 4.78 is 28.0. The van der Waals surface area contributed by atoms with Gasteiger partial charge < -0.3 is 21.5 Å². The van der Waals surface area contributed by atoms with Gasteiger partial charge in [-0.1, -0.05) is 49.9 Å². The summed E-state index contributed by atoms with van der Waals surface area (Å²) in [4.78, 5) is 12.8. The normalized spacial score (nSPS) is 15.5. The molecular weight excluding hydrogens is 440 g/mol. The standard InChI is InChI=1S/C18H25N3O4S.C6H13N/c1-21(2)16-10-5-8-14-13(16)7-6-11-17(14)26(24,25)20-12-4-3-9-15(19)18(22)23;7-6-4-2-1-3-5-6/h5-8,10-11,15,20H,3-4,9,12,19H2,1-2H3,(H,22,23);6H,1-5,7H2/t15-;/m0./s1. The zero-order chi connectivity index (χ0) is 24.4. The van der Waals surface area contributed by atoms with Crippen molar-refractivity contribution in [3.8, 4) is 0 Å². The van der Waals surface area contributed by atoms with Crippen molar-refractivity contribution in [3.63, 3.8) is 0 Å². The molecule has 0 spiro atoms. The molecule has 2 aromatic rings. The average Bonchev–Trinajstić information content (AvgIpc) is 2.78. The van der Waals surface area contributed by atoms with E-state index >= 15 is 0 Å². The number of sulfonamides is 1. The molecule has 0 amide bonds. The number of carbonyl (C=O) groups is 1. The molecule has 0 radical (unpaired) electrons. The first kappa shape index (κ1) is 27.0. The molecule has 0 aromatic heterocycles. The third-order valence-corrected chi connectivity index (χ3v) is 7.35. The van der Waals surface area contributed by atoms with Gasteiger partial charge in [0, 0.05) is 43.1 Å². The lowest BCUT2D eigenvalue weighted by Gasteiger charge is -2.17. The maximum absolute atomic E-state index is 12.7. The minimum absolute atomic E-state index is 0.235. The summed E-state index contributed by atoms with van der Waals surface area (Å²) in [5, 5.41) is 10.3. The molecule has 1 fully saturated rings. The Kier molecular flexibility index (Phi) is 10.6. The molecule has 184 valence electrons. The number of nitrogens with two attached hydrogens (primary N) is 2. The summed E-state index contributed by atoms with van der Waals surface area (Å²) >= 11 is 0. The molecule has 0 aliphatic heterocycles. The van der Waals surface area contributed by atoms with Crippen LogP contribution in [0.4, 0.5) is 5.69 Å². The summed E-state index contributed by atoms with van der Waals surface area (Å²) in [7, 11) is 0.163. The van der Waals surface area contributed by atoms with Crippen LogP contribution in [-0.2, 0) is 14.8 Å². The molecule has 6 N–H and O–H groups in total. The minimum Gasteiger partial charge on any atom is -0.480 e. The Morgan fingerprint density at radius 2 is 1.73 bits per heavy atom. The molecule has 2 aromatic carbocycles. The Morgan fingerprint density at radius 3 is 2.30 bits per heavy atom. The molecule has 0 unspecified atom stereocenters. The zero-order valence-corrected chi connectivity index (χ0v) is 20.5. The van der Waals surface area contributed by atoms with Gasteiger partial charge in [0.05, 0.1) is 4.90 Å². The largest absolute Gasteiger partial charge is 0.480 e. The quantitative estimate of drug-likeness (QED) is 0.406. The maximum atomic E-state index is 12.7. The van der Waals surface area contributed by atoms with Crippen molar-refractivity contribution in [2.45, 2.75) is 68.3 Å². The lowest BCUT2D eigenvalue weighted by atomic mass is 9.97. The number of aliphatic carboxylic acids is 1. The van der Waals surface area contributed by atoms with E-state index in [9.17, 15) is 13.2 Å². The molecule has 0 saturated heterocycles. The van der Waals surface area contributed by atoms with Crippen LogP contribution in [0, 0.1) is 0 Å². The van der Waals surface area contributed by atoms with Crippen molar-refractivity contribution in [1.82, 2.24) is 4.72 Å². The summed E-state index contributed by atoms with van der Waals surface area (Å²) in [6.45, 7) is 0.235. The van der Waals surface area contributed by atoms with Gasteiger partial charge in [-0.05, 0) is 37.8 Å². The fourth-order valence-electron chi connectivity index (χ4n) is 3.92. The van der Waals surface area contributed by atoms with Crippen LogP contribution in [0.5, 0.6) is 0 Å². The second kappa shape index (κ2) is 12.9. The van der Waals surface area contributed by atoms with E-state index < -0.39 is 22.0 Å². The number of hydrogen-bond donors (Lipinski definition) is 4. The van der Waals surface area contributed by atoms with Crippen molar-refractivity contribution in [3.05, 3.63) is 36.4 Å². The molecule has 0 heterocycles. The predicted octanol–water partition coefficient (Wildman–Crippen LogP) is 3.04. The van der Waals surface area contributed by atoms with E-state index in [1.807, 2.05) is 37.2 Å². The van der Waals surface area contributed by atoms with Gasteiger partial charge in [0.25, 0.3) is 0 Å². The SMILES string of the molecule is CN(C)c1cccc2c(S(=O)(=O)NCCCC[C@H](N)C(=O)O)cccc12.NC1CCCCC1. The molecule has 3 rings (SSSR count). The van der Waals surface area contributed by atoms with Gasteiger partial charge in [0.2, 0.25) is 10.0 Å². The summed E-state index contributed by atoms with van der Waals surface area (Å²) in [6.07, 6.45) is 8.04. The molecular formula is C24H38N4O4S. The monoisotopic (exact) mass is 478 g/mol. The summed E-state index contributed by atoms with van der Waals surface area (Å²) in [5.41, 5.74) is 12.0. The van der Waals surface area contributed by atoms with Gasteiger partial charge in [0.15, 0.2) is 0 Å². The lowest BCUT2D eigenvalue weighted by molar-refractivity contribution is -0.138. The van der Waals surface area contributed by atoms with Crippen molar-refractivity contribution < 1.29 is 18.3 Å². The number of carboxylic acids is 1. The zero-order valence-electron chi connectivity index (χ0n) is 19.7. The molecule has 1 atom stereocenters. The van der Waals surface area contributed by atoms with Gasteiger partial charge in [-0.2, -0.15) is 0 Å². The van der Waals surface area contributed by atoms with Crippen molar-refractivity contribution >= 4 is 32.5 Å². The Labute approximate surface area is 197 Å². The minimum atomic E-state index is -3.66. The predicted molar refractivity (Wildman–Crippen MR) is 134 cm³/mol. The number of unbranched alkanes of at least 4 members (excludes halogenated alkanes) is 1. The van der Waals surface area contributed by atoms with E-state index in [1.165, 1.54) is 32.1 Å². The number of nitrogens with zero attached hydrogens (tertiary/aromatic N) is 1. The van der Waals surface area contributed by atoms with E-state index in [0.29, 0.717) is 30.7 Å². The molecule has 1 aliphatic rings. The van der Waals surface area contributed by atoms with Gasteiger partial charge in [-0.25, -0.2) is 13.1 Å². The molecule has 33 heavy (non-hydrogen) atoms. The third-order valence-electron chi connectivity index (χ3n) is 5.83. The number of fused-ring (bicyclic) bond motifs is 1. The second-order valence-electron chi connectivity index (χ2n) is 8.76. The number of benzene rings is 2. The van der Waals surface area contributed by atoms with E-state index in [1.54, 1.807) is 18.2 Å². The van der Waals surface area contributed by atoms with Crippen LogP contribution in [-0.4, -0.2) is 52.2 Å². The van der Waals surface area contributed by atoms with E-state index in [2.05, 4.69) is 4.72 Å². The lowest BCUT2D eigenvalue weighted by Crippen LogP contribution is -2.30. The summed E-state index contributed by atoms with van der Waals surface area (Å²) in [5.74, 6) is -1.04. The number of nitrogens with one attached hydrogen (secondary N) is 1. The van der Waals surface area contributed by atoms with Crippen molar-refractivity contribution in [1.29, 1.82) is 0 Å². The first-order valence-electron chi connectivity index (χ1n) is 11.6. The van der Waals surface area contributed by atoms with E-state index in [4.69, 9.17) is 16.6 Å². The smallest absolute Gasteiger partial charge is 0.320 e. The second-order valence-corrected chi connectivity index (χ2v) is 10.5.